The SMILES string of the molecule is C#C[C@H](O[Si](C)(C)C(C)(C)C)[C@@H]1OC(C)(C)O[C@@H]1C(=O)COC(c1ccccc1)(c1ccccc1)c1ccc(OC)cc1. The Morgan fingerprint density at radius 3 is 1.88 bits per heavy atom. The molecule has 0 aromatic heterocycles. The number of ether oxygens (including phenoxy) is 4. The van der Waals surface area contributed by atoms with Gasteiger partial charge in [0.25, 0.3) is 0 Å². The molecule has 1 fully saturated rings. The van der Waals surface area contributed by atoms with E-state index in [1.54, 1.807) is 21.0 Å². The Bertz CT molecular complexity index is 1360. The number of terminal acetylenes is 1. The number of rotatable bonds is 11. The third-order valence-electron chi connectivity index (χ3n) is 8.42. The van der Waals surface area contributed by atoms with Crippen LogP contribution in [0.25, 0.3) is 0 Å². The van der Waals surface area contributed by atoms with Crippen LogP contribution in [-0.2, 0) is 29.0 Å². The zero-order chi connectivity index (χ0) is 31.5. The van der Waals surface area contributed by atoms with E-state index in [0.717, 1.165) is 22.4 Å². The first-order chi connectivity index (χ1) is 20.2. The fourth-order valence-electron chi connectivity index (χ4n) is 5.13. The number of hydrogen-bond acceptors (Lipinski definition) is 6. The highest BCUT2D eigenvalue weighted by Crippen LogP contribution is 2.42. The summed E-state index contributed by atoms with van der Waals surface area (Å²) in [5, 5.41) is -0.0803. The molecule has 6 nitrogen and oxygen atoms in total. The molecule has 1 aliphatic rings. The van der Waals surface area contributed by atoms with Crippen molar-refractivity contribution in [3.63, 3.8) is 0 Å². The lowest BCUT2D eigenvalue weighted by molar-refractivity contribution is -0.160. The molecule has 228 valence electrons. The lowest BCUT2D eigenvalue weighted by atomic mass is 9.80. The van der Waals surface area contributed by atoms with Crippen LogP contribution in [0.1, 0.15) is 51.3 Å². The van der Waals surface area contributed by atoms with E-state index in [0.29, 0.717) is 0 Å². The lowest BCUT2D eigenvalue weighted by Gasteiger charge is -2.39. The summed E-state index contributed by atoms with van der Waals surface area (Å²) in [6, 6.07) is 27.5. The summed E-state index contributed by atoms with van der Waals surface area (Å²) in [6.45, 7) is 14.0. The summed E-state index contributed by atoms with van der Waals surface area (Å²) >= 11 is 0. The fourth-order valence-corrected chi connectivity index (χ4v) is 6.32. The van der Waals surface area contributed by atoms with Gasteiger partial charge >= 0.3 is 0 Å². The maximum Gasteiger partial charge on any atom is 0.193 e. The van der Waals surface area contributed by atoms with E-state index in [2.05, 4.69) is 39.8 Å². The summed E-state index contributed by atoms with van der Waals surface area (Å²) in [4.78, 5) is 14.1. The second-order valence-electron chi connectivity index (χ2n) is 12.9. The molecular formula is C36H44O6Si. The average molecular weight is 601 g/mol. The van der Waals surface area contributed by atoms with Gasteiger partial charge in [-0.1, -0.05) is 99.5 Å². The number of benzene rings is 3. The molecule has 3 atom stereocenters. The van der Waals surface area contributed by atoms with Gasteiger partial charge < -0.3 is 23.4 Å². The predicted octanol–water partition coefficient (Wildman–Crippen LogP) is 7.12. The minimum atomic E-state index is -2.29. The summed E-state index contributed by atoms with van der Waals surface area (Å²) < 4.78 is 31.3. The van der Waals surface area contributed by atoms with E-state index >= 15 is 0 Å². The van der Waals surface area contributed by atoms with Crippen molar-refractivity contribution in [2.75, 3.05) is 13.7 Å². The predicted molar refractivity (Wildman–Crippen MR) is 171 cm³/mol. The van der Waals surface area contributed by atoms with E-state index in [1.165, 1.54) is 0 Å². The van der Waals surface area contributed by atoms with E-state index in [4.69, 9.17) is 29.8 Å². The molecule has 0 spiro atoms. The van der Waals surface area contributed by atoms with Crippen LogP contribution in [0.4, 0.5) is 0 Å². The van der Waals surface area contributed by atoms with Gasteiger partial charge in [-0.05, 0) is 60.8 Å². The average Bonchev–Trinajstić information content (AvgIpc) is 3.32. The van der Waals surface area contributed by atoms with Crippen LogP contribution in [0, 0.1) is 12.3 Å². The Hall–Kier alpha value is -3.25. The van der Waals surface area contributed by atoms with Crippen molar-refractivity contribution in [2.45, 2.75) is 82.5 Å². The van der Waals surface area contributed by atoms with Gasteiger partial charge in [-0.2, -0.15) is 0 Å². The van der Waals surface area contributed by atoms with Gasteiger partial charge in [0.2, 0.25) is 0 Å². The molecule has 0 N–H and O–H groups in total. The highest BCUT2D eigenvalue weighted by molar-refractivity contribution is 6.74. The van der Waals surface area contributed by atoms with Crippen LogP contribution >= 0.6 is 0 Å². The monoisotopic (exact) mass is 600 g/mol. The molecule has 0 amide bonds. The van der Waals surface area contributed by atoms with Gasteiger partial charge in [-0.25, -0.2) is 0 Å². The lowest BCUT2D eigenvalue weighted by Crippen LogP contribution is -2.50. The van der Waals surface area contributed by atoms with Crippen LogP contribution < -0.4 is 4.74 Å². The third kappa shape index (κ3) is 6.95. The number of ketones is 1. The quantitative estimate of drug-likeness (QED) is 0.133. The number of methoxy groups -OCH3 is 1. The number of hydrogen-bond donors (Lipinski definition) is 0. The third-order valence-corrected chi connectivity index (χ3v) is 12.9. The maximum absolute atomic E-state index is 14.1. The van der Waals surface area contributed by atoms with Crippen LogP contribution in [-0.4, -0.2) is 51.9 Å². The van der Waals surface area contributed by atoms with Gasteiger partial charge in [0.1, 0.15) is 30.2 Å². The second kappa shape index (κ2) is 12.8. The van der Waals surface area contributed by atoms with Crippen molar-refractivity contribution in [1.29, 1.82) is 0 Å². The number of Topliss-reactive ketones (excluding diaryl/α,β-unsaturated/α-hetero) is 1. The Morgan fingerprint density at radius 2 is 1.42 bits per heavy atom. The van der Waals surface area contributed by atoms with Crippen molar-refractivity contribution in [2.24, 2.45) is 0 Å². The Balaban J connectivity index is 1.72. The summed E-state index contributed by atoms with van der Waals surface area (Å²) in [6.07, 6.45) is 3.49. The van der Waals surface area contributed by atoms with E-state index in [9.17, 15) is 4.79 Å². The van der Waals surface area contributed by atoms with Gasteiger partial charge in [0, 0.05) is 0 Å². The van der Waals surface area contributed by atoms with Crippen LogP contribution in [0.5, 0.6) is 5.75 Å². The standard InChI is InChI=1S/C36H44O6Si/c1-10-31(42-43(8,9)34(2,3)4)33-32(40-35(5,6)41-33)30(37)25-39-36(26-17-13-11-14-18-26,27-19-15-12-16-20-27)28-21-23-29(38-7)24-22-28/h1,11-24,31-33H,25H2,2-9H3/t31-,32+,33-/m0/s1. The molecule has 43 heavy (non-hydrogen) atoms. The first kappa shape index (κ1) is 32.7. The molecule has 0 saturated carbocycles. The zero-order valence-corrected chi connectivity index (χ0v) is 27.5. The molecule has 3 aromatic rings. The molecule has 0 unspecified atom stereocenters. The largest absolute Gasteiger partial charge is 0.497 e. The first-order valence-electron chi connectivity index (χ1n) is 14.7. The van der Waals surface area contributed by atoms with Crippen LogP contribution in [0.2, 0.25) is 18.1 Å². The van der Waals surface area contributed by atoms with Gasteiger partial charge in [-0.3, -0.25) is 4.79 Å². The second-order valence-corrected chi connectivity index (χ2v) is 17.6. The minimum Gasteiger partial charge on any atom is -0.497 e. The fraction of sp³-hybridized carbons (Fsp3) is 0.417. The highest BCUT2D eigenvalue weighted by atomic mass is 28.4. The zero-order valence-electron chi connectivity index (χ0n) is 26.5. The molecular weight excluding hydrogens is 556 g/mol. The van der Waals surface area contributed by atoms with Crippen LogP contribution in [0.3, 0.4) is 0 Å². The maximum atomic E-state index is 14.1. The van der Waals surface area contributed by atoms with Gasteiger partial charge in [0.05, 0.1) is 7.11 Å². The van der Waals surface area contributed by atoms with Crippen molar-refractivity contribution in [1.82, 2.24) is 0 Å². The summed E-state index contributed by atoms with van der Waals surface area (Å²) in [5.74, 6) is 2.18. The van der Waals surface area contributed by atoms with E-state index in [-0.39, 0.29) is 17.4 Å². The van der Waals surface area contributed by atoms with Gasteiger partial charge in [0.15, 0.2) is 26.0 Å². The highest BCUT2D eigenvalue weighted by Gasteiger charge is 2.51. The topological polar surface area (TPSA) is 63.2 Å². The molecule has 0 bridgehead atoms. The van der Waals surface area contributed by atoms with Crippen molar-refractivity contribution >= 4 is 14.1 Å². The Morgan fingerprint density at radius 1 is 0.907 bits per heavy atom. The van der Waals surface area contributed by atoms with Crippen molar-refractivity contribution in [3.05, 3.63) is 102 Å². The van der Waals surface area contributed by atoms with E-state index < -0.39 is 38.0 Å². The number of carbonyl (C=O) groups excluding carboxylic acids is 1. The Labute approximate surface area is 257 Å². The summed E-state index contributed by atoms with van der Waals surface area (Å²) in [5.41, 5.74) is 1.50. The molecule has 0 radical (unpaired) electrons. The Kier molecular flexibility index (Phi) is 9.70. The van der Waals surface area contributed by atoms with Crippen molar-refractivity contribution in [3.8, 4) is 18.1 Å². The molecule has 1 aliphatic heterocycles. The molecule has 3 aromatic carbocycles. The first-order valence-corrected chi connectivity index (χ1v) is 17.6. The van der Waals surface area contributed by atoms with Crippen molar-refractivity contribution < 1.29 is 28.2 Å². The summed E-state index contributed by atoms with van der Waals surface area (Å²) in [7, 11) is -0.656. The molecule has 4 rings (SSSR count). The molecule has 1 saturated heterocycles. The molecule has 0 aliphatic carbocycles. The van der Waals surface area contributed by atoms with Gasteiger partial charge in [-0.15, -0.1) is 6.42 Å². The van der Waals surface area contributed by atoms with Crippen LogP contribution in [0.15, 0.2) is 84.9 Å². The normalized spacial score (nSPS) is 19.4. The number of carbonyl (C=O) groups is 1. The minimum absolute atomic E-state index is 0.0803. The molecule has 7 heteroatoms. The molecule has 1 heterocycles. The smallest absolute Gasteiger partial charge is 0.193 e. The van der Waals surface area contributed by atoms with E-state index in [1.807, 2.05) is 84.9 Å².